The molecule has 1 amide bonds. The van der Waals surface area contributed by atoms with E-state index in [4.69, 9.17) is 0 Å². The van der Waals surface area contributed by atoms with Crippen molar-refractivity contribution < 1.29 is 4.79 Å². The second kappa shape index (κ2) is 6.34. The average Bonchev–Trinajstić information content (AvgIpc) is 2.63. The molecular formula is C14H22N2OS. The normalized spacial score (nSPS) is 20.4. The average molecular weight is 266 g/mol. The van der Waals surface area contributed by atoms with Gasteiger partial charge in [-0.2, -0.15) is 0 Å². The van der Waals surface area contributed by atoms with E-state index >= 15 is 0 Å². The molecule has 100 valence electrons. The van der Waals surface area contributed by atoms with Crippen molar-refractivity contribution in [2.45, 2.75) is 45.2 Å². The molecule has 2 rings (SSSR count). The van der Waals surface area contributed by atoms with Crippen molar-refractivity contribution in [3.63, 3.8) is 0 Å². The number of thiophene rings is 1. The Morgan fingerprint density at radius 2 is 2.33 bits per heavy atom. The number of amides is 1. The molecular weight excluding hydrogens is 244 g/mol. The third-order valence-corrected chi connectivity index (χ3v) is 4.59. The van der Waals surface area contributed by atoms with Crippen LogP contribution in [0.15, 0.2) is 11.4 Å². The molecule has 0 aliphatic carbocycles. The first-order valence-electron chi connectivity index (χ1n) is 6.70. The summed E-state index contributed by atoms with van der Waals surface area (Å²) >= 11 is 1.73. The van der Waals surface area contributed by atoms with Gasteiger partial charge in [0.05, 0.1) is 12.6 Å². The van der Waals surface area contributed by atoms with Crippen molar-refractivity contribution in [2.75, 3.05) is 13.6 Å². The summed E-state index contributed by atoms with van der Waals surface area (Å²) in [6, 6.07) is 2.14. The van der Waals surface area contributed by atoms with E-state index in [1.165, 1.54) is 23.3 Å². The molecule has 3 nitrogen and oxygen atoms in total. The Balaban J connectivity index is 1.93. The van der Waals surface area contributed by atoms with Crippen LogP contribution >= 0.6 is 11.3 Å². The van der Waals surface area contributed by atoms with Crippen LogP contribution in [-0.2, 0) is 11.3 Å². The van der Waals surface area contributed by atoms with Gasteiger partial charge in [-0.3, -0.25) is 4.79 Å². The molecule has 1 aromatic heterocycles. The first kappa shape index (κ1) is 13.6. The summed E-state index contributed by atoms with van der Waals surface area (Å²) in [5, 5.41) is 5.46. The zero-order valence-corrected chi connectivity index (χ0v) is 12.1. The summed E-state index contributed by atoms with van der Waals surface area (Å²) in [5.74, 6) is 0.240. The number of nitrogens with one attached hydrogen (secondary N) is 1. The summed E-state index contributed by atoms with van der Waals surface area (Å²) < 4.78 is 0. The van der Waals surface area contributed by atoms with Crippen LogP contribution in [0.25, 0.3) is 0 Å². The second-order valence-electron chi connectivity index (χ2n) is 5.08. The van der Waals surface area contributed by atoms with Gasteiger partial charge >= 0.3 is 0 Å². The molecule has 1 N–H and O–H groups in total. The highest BCUT2D eigenvalue weighted by Crippen LogP contribution is 2.18. The molecule has 18 heavy (non-hydrogen) atoms. The van der Waals surface area contributed by atoms with Crippen LogP contribution in [0.1, 0.15) is 36.1 Å². The van der Waals surface area contributed by atoms with Crippen LogP contribution < -0.4 is 5.32 Å². The lowest BCUT2D eigenvalue weighted by Crippen LogP contribution is -2.44. The molecule has 1 aromatic rings. The van der Waals surface area contributed by atoms with E-state index < -0.39 is 0 Å². The lowest BCUT2D eigenvalue weighted by atomic mass is 10.1. The van der Waals surface area contributed by atoms with Gasteiger partial charge < -0.3 is 10.2 Å². The number of hydrogen-bond acceptors (Lipinski definition) is 3. The number of likely N-dealkylation sites (N-methyl/N-ethyl adjacent to an activating group) is 1. The third-order valence-electron chi connectivity index (χ3n) is 3.58. The number of carbonyl (C=O) groups excluding carboxylic acids is 1. The van der Waals surface area contributed by atoms with Gasteiger partial charge in [0.15, 0.2) is 0 Å². The van der Waals surface area contributed by atoms with Gasteiger partial charge in [0.2, 0.25) is 5.91 Å². The van der Waals surface area contributed by atoms with Gasteiger partial charge in [0.25, 0.3) is 0 Å². The van der Waals surface area contributed by atoms with E-state index in [0.29, 0.717) is 0 Å². The van der Waals surface area contributed by atoms with Crippen LogP contribution in [0.5, 0.6) is 0 Å². The smallest absolute Gasteiger partial charge is 0.239 e. The van der Waals surface area contributed by atoms with Gasteiger partial charge in [0.1, 0.15) is 0 Å². The van der Waals surface area contributed by atoms with Crippen molar-refractivity contribution in [3.05, 3.63) is 21.9 Å². The van der Waals surface area contributed by atoms with Crippen LogP contribution in [0.3, 0.4) is 0 Å². The van der Waals surface area contributed by atoms with E-state index in [1.807, 2.05) is 11.9 Å². The zero-order chi connectivity index (χ0) is 13.0. The summed E-state index contributed by atoms with van der Waals surface area (Å²) in [7, 11) is 1.91. The molecule has 1 fully saturated rings. The molecule has 1 saturated heterocycles. The van der Waals surface area contributed by atoms with E-state index in [-0.39, 0.29) is 11.9 Å². The maximum atomic E-state index is 12.4. The fraction of sp³-hybridized carbons (Fsp3) is 0.643. The molecule has 0 bridgehead atoms. The summed E-state index contributed by atoms with van der Waals surface area (Å²) in [6.45, 7) is 3.82. The Labute approximate surface area is 113 Å². The monoisotopic (exact) mass is 266 g/mol. The highest BCUT2D eigenvalue weighted by molar-refractivity contribution is 7.10. The first-order chi connectivity index (χ1) is 8.68. The highest BCUT2D eigenvalue weighted by atomic mass is 32.1. The van der Waals surface area contributed by atoms with Gasteiger partial charge in [-0.05, 0) is 43.3 Å². The van der Waals surface area contributed by atoms with Gasteiger partial charge in [-0.25, -0.2) is 0 Å². The van der Waals surface area contributed by atoms with Crippen molar-refractivity contribution in [1.82, 2.24) is 10.2 Å². The molecule has 0 spiro atoms. The Kier molecular flexibility index (Phi) is 4.78. The molecule has 1 atom stereocenters. The molecule has 1 unspecified atom stereocenters. The minimum absolute atomic E-state index is 0.0257. The van der Waals surface area contributed by atoms with E-state index in [1.54, 1.807) is 11.3 Å². The molecule has 0 aromatic carbocycles. The van der Waals surface area contributed by atoms with Crippen molar-refractivity contribution in [2.24, 2.45) is 0 Å². The lowest BCUT2D eigenvalue weighted by Gasteiger charge is -2.23. The highest BCUT2D eigenvalue weighted by Gasteiger charge is 2.23. The fourth-order valence-electron chi connectivity index (χ4n) is 2.36. The van der Waals surface area contributed by atoms with Crippen molar-refractivity contribution >= 4 is 17.2 Å². The van der Waals surface area contributed by atoms with Crippen LogP contribution in [0.2, 0.25) is 0 Å². The van der Waals surface area contributed by atoms with Crippen LogP contribution in [0, 0.1) is 6.92 Å². The molecule has 0 saturated carbocycles. The number of rotatable bonds is 3. The standard InChI is InChI=1S/C14H22N2OS/c1-11-7-9-18-13(11)10-16(2)14(17)12-6-4-3-5-8-15-12/h7,9,12,15H,3-6,8,10H2,1-2H3. The Morgan fingerprint density at radius 3 is 3.06 bits per heavy atom. The largest absolute Gasteiger partial charge is 0.339 e. The molecule has 0 radical (unpaired) electrons. The maximum absolute atomic E-state index is 12.4. The van der Waals surface area contributed by atoms with Gasteiger partial charge in [-0.1, -0.05) is 12.8 Å². The molecule has 2 heterocycles. The SMILES string of the molecule is Cc1ccsc1CN(C)C(=O)C1CCCCCN1. The van der Waals surface area contributed by atoms with Crippen LogP contribution in [0.4, 0.5) is 0 Å². The molecule has 1 aliphatic rings. The van der Waals surface area contributed by atoms with E-state index in [2.05, 4.69) is 23.7 Å². The lowest BCUT2D eigenvalue weighted by molar-refractivity contribution is -0.132. The van der Waals surface area contributed by atoms with Crippen LogP contribution in [-0.4, -0.2) is 30.4 Å². The Hall–Kier alpha value is -0.870. The van der Waals surface area contributed by atoms with E-state index in [0.717, 1.165) is 25.9 Å². The molecule has 1 aliphatic heterocycles. The first-order valence-corrected chi connectivity index (χ1v) is 7.58. The quantitative estimate of drug-likeness (QED) is 0.912. The summed E-state index contributed by atoms with van der Waals surface area (Å²) in [4.78, 5) is 15.5. The van der Waals surface area contributed by atoms with Gasteiger partial charge in [-0.15, -0.1) is 11.3 Å². The fourth-order valence-corrected chi connectivity index (χ4v) is 3.32. The minimum atomic E-state index is 0.0257. The van der Waals surface area contributed by atoms with Crippen molar-refractivity contribution in [1.29, 1.82) is 0 Å². The Morgan fingerprint density at radius 1 is 1.50 bits per heavy atom. The number of carbonyl (C=O) groups is 1. The topological polar surface area (TPSA) is 32.3 Å². The second-order valence-corrected chi connectivity index (χ2v) is 6.08. The Bertz CT molecular complexity index is 394. The minimum Gasteiger partial charge on any atom is -0.339 e. The number of hydrogen-bond donors (Lipinski definition) is 1. The maximum Gasteiger partial charge on any atom is 0.239 e. The predicted octanol–water partition coefficient (Wildman–Crippen LogP) is 2.55. The van der Waals surface area contributed by atoms with Gasteiger partial charge in [0, 0.05) is 11.9 Å². The zero-order valence-electron chi connectivity index (χ0n) is 11.2. The number of nitrogens with zero attached hydrogens (tertiary/aromatic N) is 1. The predicted molar refractivity (Wildman–Crippen MR) is 75.8 cm³/mol. The number of aryl methyl sites for hydroxylation is 1. The molecule has 4 heteroatoms. The third kappa shape index (κ3) is 3.33. The summed E-state index contributed by atoms with van der Waals surface area (Å²) in [5.41, 5.74) is 1.29. The van der Waals surface area contributed by atoms with E-state index in [9.17, 15) is 4.79 Å². The summed E-state index contributed by atoms with van der Waals surface area (Å²) in [6.07, 6.45) is 4.57. The van der Waals surface area contributed by atoms with Crippen molar-refractivity contribution in [3.8, 4) is 0 Å².